The maximum atomic E-state index is 12.7. The molecule has 31 heavy (non-hydrogen) atoms. The summed E-state index contributed by atoms with van der Waals surface area (Å²) in [4.78, 5) is 59.2. The number of Topliss-reactive ketones (excluding diaryl/α,β-unsaturated/α-hetero) is 1. The fourth-order valence-electron chi connectivity index (χ4n) is 2.38. The van der Waals surface area contributed by atoms with Crippen LogP contribution in [0.5, 0.6) is 0 Å². The number of alkyl halides is 2. The highest BCUT2D eigenvalue weighted by atomic mass is 19.3. The molecule has 10 nitrogen and oxygen atoms in total. The normalized spacial score (nSPS) is 14.4. The van der Waals surface area contributed by atoms with Crippen molar-refractivity contribution in [1.29, 1.82) is 0 Å². The predicted molar refractivity (Wildman–Crippen MR) is 105 cm³/mol. The van der Waals surface area contributed by atoms with Gasteiger partial charge in [-0.05, 0) is 40.0 Å². The number of aliphatic carboxylic acids is 1. The Labute approximate surface area is 179 Å². The third kappa shape index (κ3) is 11.8. The van der Waals surface area contributed by atoms with E-state index >= 15 is 0 Å². The fraction of sp³-hybridized carbons (Fsp3) is 0.737. The average molecular weight is 451 g/mol. The van der Waals surface area contributed by atoms with Crippen LogP contribution in [-0.4, -0.2) is 64.9 Å². The smallest absolute Gasteiger partial charge is 0.408 e. The lowest BCUT2D eigenvalue weighted by molar-refractivity contribution is -0.151. The van der Waals surface area contributed by atoms with Gasteiger partial charge in [0.1, 0.15) is 23.7 Å². The number of halogens is 2. The average Bonchev–Trinajstić information content (AvgIpc) is 2.56. The predicted octanol–water partition coefficient (Wildman–Crippen LogP) is 1.22. The van der Waals surface area contributed by atoms with Crippen molar-refractivity contribution in [3.05, 3.63) is 0 Å². The molecule has 0 aromatic carbocycles. The molecule has 3 atom stereocenters. The molecule has 178 valence electrons. The maximum Gasteiger partial charge on any atom is 0.408 e. The van der Waals surface area contributed by atoms with Gasteiger partial charge in [-0.3, -0.25) is 14.4 Å². The van der Waals surface area contributed by atoms with E-state index in [0.29, 0.717) is 0 Å². The number of carboxylic acids is 1. The summed E-state index contributed by atoms with van der Waals surface area (Å²) < 4.78 is 30.5. The molecule has 0 radical (unpaired) electrons. The summed E-state index contributed by atoms with van der Waals surface area (Å²) in [6.45, 7) is 9.70. The van der Waals surface area contributed by atoms with E-state index < -0.39 is 66.2 Å². The molecule has 0 fully saturated rings. The van der Waals surface area contributed by atoms with Gasteiger partial charge in [-0.2, -0.15) is 0 Å². The van der Waals surface area contributed by atoms with Gasteiger partial charge >= 0.3 is 12.1 Å². The van der Waals surface area contributed by atoms with Crippen molar-refractivity contribution in [1.82, 2.24) is 16.0 Å². The monoisotopic (exact) mass is 451 g/mol. The number of nitrogens with one attached hydrogen (secondary N) is 3. The largest absolute Gasteiger partial charge is 0.475 e. The van der Waals surface area contributed by atoms with Crippen molar-refractivity contribution in [2.75, 3.05) is 0 Å². The molecule has 0 unspecified atom stereocenters. The van der Waals surface area contributed by atoms with Gasteiger partial charge < -0.3 is 25.8 Å². The maximum absolute atomic E-state index is 12.7. The molecule has 0 saturated heterocycles. The first-order chi connectivity index (χ1) is 14.0. The van der Waals surface area contributed by atoms with E-state index in [1.54, 1.807) is 34.6 Å². The van der Waals surface area contributed by atoms with E-state index in [9.17, 15) is 32.8 Å². The van der Waals surface area contributed by atoms with Crippen LogP contribution >= 0.6 is 0 Å². The van der Waals surface area contributed by atoms with Gasteiger partial charge in [0, 0.05) is 6.42 Å². The van der Waals surface area contributed by atoms with E-state index in [1.165, 1.54) is 6.92 Å². The van der Waals surface area contributed by atoms with Crippen LogP contribution in [0.1, 0.15) is 54.4 Å². The van der Waals surface area contributed by atoms with Crippen LogP contribution in [0.3, 0.4) is 0 Å². The molecule has 12 heteroatoms. The lowest BCUT2D eigenvalue weighted by Crippen LogP contribution is -2.56. The van der Waals surface area contributed by atoms with E-state index in [1.807, 2.05) is 5.32 Å². The molecule has 0 aliphatic heterocycles. The minimum absolute atomic E-state index is 0.0688. The molecule has 0 aromatic rings. The molecule has 0 aliphatic carbocycles. The molecule has 0 aromatic heterocycles. The van der Waals surface area contributed by atoms with Crippen molar-refractivity contribution < 1.29 is 42.6 Å². The highest BCUT2D eigenvalue weighted by molar-refractivity contribution is 6.35. The summed E-state index contributed by atoms with van der Waals surface area (Å²) in [6, 6.07) is -4.30. The summed E-state index contributed by atoms with van der Waals surface area (Å²) in [5, 5.41) is 15.4. The van der Waals surface area contributed by atoms with Gasteiger partial charge in [0.15, 0.2) is 0 Å². The van der Waals surface area contributed by atoms with Crippen LogP contribution in [0.15, 0.2) is 0 Å². The Morgan fingerprint density at radius 3 is 1.81 bits per heavy atom. The number of ketones is 1. The molecule has 0 bridgehead atoms. The van der Waals surface area contributed by atoms with Crippen LogP contribution in [0.4, 0.5) is 13.6 Å². The van der Waals surface area contributed by atoms with E-state index in [2.05, 4.69) is 10.6 Å². The van der Waals surface area contributed by atoms with Gasteiger partial charge in [0.25, 0.3) is 5.78 Å². The second-order valence-electron chi connectivity index (χ2n) is 8.42. The van der Waals surface area contributed by atoms with Gasteiger partial charge in [-0.25, -0.2) is 18.4 Å². The first-order valence-corrected chi connectivity index (χ1v) is 9.69. The molecule has 0 saturated carbocycles. The van der Waals surface area contributed by atoms with Gasteiger partial charge in [-0.15, -0.1) is 0 Å². The molecular formula is C19H31F2N3O7. The highest BCUT2D eigenvalue weighted by Crippen LogP contribution is 2.10. The minimum Gasteiger partial charge on any atom is -0.475 e. The Morgan fingerprint density at radius 1 is 0.871 bits per heavy atom. The van der Waals surface area contributed by atoms with Gasteiger partial charge in [0.05, 0.1) is 0 Å². The van der Waals surface area contributed by atoms with Crippen LogP contribution in [0.2, 0.25) is 0 Å². The summed E-state index contributed by atoms with van der Waals surface area (Å²) in [6.07, 6.45) is -5.01. The highest BCUT2D eigenvalue weighted by Gasteiger charge is 2.33. The summed E-state index contributed by atoms with van der Waals surface area (Å²) in [5.74, 6) is -5.45. The van der Waals surface area contributed by atoms with Gasteiger partial charge in [0.2, 0.25) is 18.2 Å². The Hall–Kier alpha value is -2.79. The summed E-state index contributed by atoms with van der Waals surface area (Å²) >= 11 is 0. The number of ether oxygens (including phenoxy) is 1. The third-order valence-corrected chi connectivity index (χ3v) is 3.72. The first-order valence-electron chi connectivity index (χ1n) is 9.69. The van der Waals surface area contributed by atoms with Crippen LogP contribution in [0.25, 0.3) is 0 Å². The van der Waals surface area contributed by atoms with Gasteiger partial charge in [-0.1, -0.05) is 13.8 Å². The zero-order valence-electron chi connectivity index (χ0n) is 18.5. The van der Waals surface area contributed by atoms with Crippen LogP contribution < -0.4 is 16.0 Å². The number of carbonyl (C=O) groups is 5. The van der Waals surface area contributed by atoms with Crippen molar-refractivity contribution in [2.24, 2.45) is 5.92 Å². The van der Waals surface area contributed by atoms with E-state index in [0.717, 1.165) is 0 Å². The topological polar surface area (TPSA) is 151 Å². The zero-order chi connectivity index (χ0) is 24.5. The Balaban J connectivity index is 5.28. The number of carboxylic acid groups (broad SMARTS) is 1. The van der Waals surface area contributed by atoms with E-state index in [-0.39, 0.29) is 12.3 Å². The third-order valence-electron chi connectivity index (χ3n) is 3.72. The number of hydrogen-bond acceptors (Lipinski definition) is 6. The zero-order valence-corrected chi connectivity index (χ0v) is 18.5. The molecule has 3 amide bonds. The second-order valence-corrected chi connectivity index (χ2v) is 8.42. The number of hydrogen-bond donors (Lipinski definition) is 4. The number of rotatable bonds is 11. The molecule has 0 heterocycles. The molecular weight excluding hydrogens is 420 g/mol. The Bertz CT molecular complexity index is 678. The van der Waals surface area contributed by atoms with E-state index in [4.69, 9.17) is 9.84 Å². The minimum atomic E-state index is -3.04. The lowest BCUT2D eigenvalue weighted by Gasteiger charge is -2.25. The van der Waals surface area contributed by atoms with Crippen LogP contribution in [-0.2, 0) is 23.9 Å². The fourth-order valence-corrected chi connectivity index (χ4v) is 2.38. The molecule has 0 aliphatic rings. The van der Waals surface area contributed by atoms with Crippen molar-refractivity contribution in [3.63, 3.8) is 0 Å². The Kier molecular flexibility index (Phi) is 11.1. The van der Waals surface area contributed by atoms with Crippen LogP contribution in [0, 0.1) is 5.92 Å². The first kappa shape index (κ1) is 28.2. The van der Waals surface area contributed by atoms with Crippen molar-refractivity contribution in [2.45, 2.75) is 84.5 Å². The number of alkyl carbamates (subject to hydrolysis) is 1. The molecule has 0 rings (SSSR count). The molecule has 4 N–H and O–H groups in total. The SMILES string of the molecule is CC(C)C[C@H](NC(=O)[C@H](C)NC(=O)OC(C)(C)C)C(=O)N[C@@H](CC(F)F)C(=O)C(=O)O. The standard InChI is InChI=1S/C19H31F2N3O7/c1-9(2)7-12(16(27)23-11(8-13(20)21)14(25)17(28)29)24-15(26)10(3)22-18(30)31-19(4,5)6/h9-13H,7-8H2,1-6H3,(H,22,30)(H,23,27)(H,24,26)(H,28,29)/t10-,11-,12-/m0/s1. The van der Waals surface area contributed by atoms with Crippen molar-refractivity contribution >= 4 is 29.7 Å². The quantitative estimate of drug-likeness (QED) is 0.345. The summed E-state index contributed by atoms with van der Waals surface area (Å²) in [5.41, 5.74) is -0.795. The number of amides is 3. The lowest BCUT2D eigenvalue weighted by atomic mass is 10.0. The summed E-state index contributed by atoms with van der Waals surface area (Å²) in [7, 11) is 0. The number of carbonyl (C=O) groups excluding carboxylic acids is 4. The van der Waals surface area contributed by atoms with Crippen molar-refractivity contribution in [3.8, 4) is 0 Å². The Morgan fingerprint density at radius 2 is 1.39 bits per heavy atom. The second kappa shape index (κ2) is 12.2. The molecule has 0 spiro atoms.